The zero-order valence-corrected chi connectivity index (χ0v) is 13.3. The lowest BCUT2D eigenvalue weighted by molar-refractivity contribution is 0.0941. The number of hydrogen-bond donors (Lipinski definition) is 2. The molecule has 24 heavy (non-hydrogen) atoms. The number of benzene rings is 1. The minimum absolute atomic E-state index is 0.134. The fraction of sp³-hybridized carbons (Fsp3) is 0.294. The normalized spacial score (nSPS) is 15.8. The fourth-order valence-corrected chi connectivity index (χ4v) is 2.16. The summed E-state index contributed by atoms with van der Waals surface area (Å²) in [6.45, 7) is 4.63. The van der Waals surface area contributed by atoms with Gasteiger partial charge in [-0.1, -0.05) is 55.1 Å². The first kappa shape index (κ1) is 17.6. The predicted octanol–water partition coefficient (Wildman–Crippen LogP) is 1.98. The molecule has 2 amide bonds. The molecule has 1 heterocycles. The van der Waals surface area contributed by atoms with Crippen molar-refractivity contribution in [3.63, 3.8) is 0 Å². The molecule has 0 fully saturated rings. The summed E-state index contributed by atoms with van der Waals surface area (Å²) in [4.78, 5) is 25.0. The topological polar surface area (TPSA) is 79.9 Å². The van der Waals surface area contributed by atoms with Gasteiger partial charge < -0.3 is 9.47 Å². The second kappa shape index (κ2) is 9.36. The second-order valence-electron chi connectivity index (χ2n) is 5.08. The first-order chi connectivity index (χ1) is 11.7. The van der Waals surface area contributed by atoms with Gasteiger partial charge in [0.15, 0.2) is 0 Å². The summed E-state index contributed by atoms with van der Waals surface area (Å²) in [5, 5.41) is 0. The summed E-state index contributed by atoms with van der Waals surface area (Å²) in [7, 11) is 0. The Morgan fingerprint density at radius 2 is 2.08 bits per heavy atom. The number of nitrogens with one attached hydrogen (secondary N) is 2. The van der Waals surface area contributed by atoms with Crippen LogP contribution in [0.4, 0.5) is 9.59 Å². The zero-order chi connectivity index (χ0) is 17.2. The Morgan fingerprint density at radius 1 is 1.29 bits per heavy atom. The highest BCUT2D eigenvalue weighted by Crippen LogP contribution is 2.12. The van der Waals surface area contributed by atoms with Crippen LogP contribution in [0.2, 0.25) is 0 Å². The Hall–Kier alpha value is -2.80. The number of carbonyl (C=O) groups is 2. The first-order valence-corrected chi connectivity index (χ1v) is 7.61. The van der Waals surface area contributed by atoms with Gasteiger partial charge in [-0.3, -0.25) is 10.3 Å². The van der Waals surface area contributed by atoms with E-state index in [4.69, 9.17) is 9.47 Å². The molecule has 0 saturated carbocycles. The van der Waals surface area contributed by atoms with Crippen LogP contribution in [0.15, 0.2) is 55.1 Å². The Labute approximate surface area is 140 Å². The van der Waals surface area contributed by atoms with Crippen LogP contribution in [-0.4, -0.2) is 42.8 Å². The van der Waals surface area contributed by atoms with Gasteiger partial charge in [-0.25, -0.2) is 15.0 Å². The van der Waals surface area contributed by atoms with Crippen molar-refractivity contribution in [1.29, 1.82) is 0 Å². The summed E-state index contributed by atoms with van der Waals surface area (Å²) in [6, 6.07) is 9.29. The molecule has 2 rings (SSSR count). The number of rotatable bonds is 7. The van der Waals surface area contributed by atoms with Gasteiger partial charge in [0.1, 0.15) is 13.2 Å². The molecule has 1 aromatic rings. The second-order valence-corrected chi connectivity index (χ2v) is 5.08. The Kier molecular flexibility index (Phi) is 6.85. The van der Waals surface area contributed by atoms with Crippen LogP contribution >= 0.6 is 0 Å². The summed E-state index contributed by atoms with van der Waals surface area (Å²) < 4.78 is 10.1. The molecule has 1 aromatic carbocycles. The highest BCUT2D eigenvalue weighted by molar-refractivity contribution is 5.69. The van der Waals surface area contributed by atoms with Gasteiger partial charge in [0, 0.05) is 13.1 Å². The van der Waals surface area contributed by atoms with E-state index in [1.165, 1.54) is 6.08 Å². The summed E-state index contributed by atoms with van der Waals surface area (Å²) in [5.74, 6) is 0. The quantitative estimate of drug-likeness (QED) is 0.590. The van der Waals surface area contributed by atoms with Gasteiger partial charge in [0.25, 0.3) is 0 Å². The molecule has 0 aromatic heterocycles. The van der Waals surface area contributed by atoms with E-state index in [1.54, 1.807) is 4.90 Å². The molecule has 0 aliphatic carbocycles. The van der Waals surface area contributed by atoms with Crippen molar-refractivity contribution in [2.24, 2.45) is 0 Å². The highest BCUT2D eigenvalue weighted by atomic mass is 16.6. The fourth-order valence-electron chi connectivity index (χ4n) is 2.16. The highest BCUT2D eigenvalue weighted by Gasteiger charge is 2.25. The van der Waals surface area contributed by atoms with Gasteiger partial charge in [-0.2, -0.15) is 0 Å². The van der Waals surface area contributed by atoms with Crippen LogP contribution in [0, 0.1) is 0 Å². The molecule has 7 nitrogen and oxygen atoms in total. The third-order valence-electron chi connectivity index (χ3n) is 3.33. The maximum Gasteiger partial charge on any atom is 0.421 e. The van der Waals surface area contributed by atoms with Crippen molar-refractivity contribution in [3.8, 4) is 0 Å². The molecule has 0 radical (unpaired) electrons. The van der Waals surface area contributed by atoms with Crippen molar-refractivity contribution in [1.82, 2.24) is 15.8 Å². The van der Waals surface area contributed by atoms with Gasteiger partial charge in [0.2, 0.25) is 0 Å². The molecular weight excluding hydrogens is 310 g/mol. The molecule has 2 N–H and O–H groups in total. The molecular formula is C17H21N3O4. The largest absolute Gasteiger partial charge is 0.445 e. The standard InChI is InChI=1S/C17H21N3O4/c1-2-11-23-16(21)19-18-12-15-9-6-10-20(15)17(22)24-13-14-7-4-3-5-8-14/h2-9,15,18H,1,10-13H2,(H,19,21)/t15-/m0/s1. The molecule has 128 valence electrons. The van der Waals surface area contributed by atoms with E-state index in [1.807, 2.05) is 42.5 Å². The lowest BCUT2D eigenvalue weighted by Gasteiger charge is -2.24. The number of amides is 2. The molecule has 1 aliphatic rings. The third kappa shape index (κ3) is 5.44. The van der Waals surface area contributed by atoms with E-state index in [2.05, 4.69) is 17.4 Å². The van der Waals surface area contributed by atoms with Gasteiger partial charge in [-0.15, -0.1) is 0 Å². The van der Waals surface area contributed by atoms with E-state index >= 15 is 0 Å². The molecule has 0 saturated heterocycles. The van der Waals surface area contributed by atoms with E-state index in [0.29, 0.717) is 13.1 Å². The molecule has 0 unspecified atom stereocenters. The van der Waals surface area contributed by atoms with Crippen LogP contribution < -0.4 is 10.9 Å². The van der Waals surface area contributed by atoms with Crippen molar-refractivity contribution in [3.05, 3.63) is 60.7 Å². The number of ether oxygens (including phenoxy) is 2. The van der Waals surface area contributed by atoms with Crippen LogP contribution in [0.5, 0.6) is 0 Å². The monoisotopic (exact) mass is 331 g/mol. The van der Waals surface area contributed by atoms with Crippen molar-refractivity contribution in [2.75, 3.05) is 19.7 Å². The number of hydrazine groups is 1. The SMILES string of the molecule is C=CCOC(=O)NNC[C@@H]1C=CCN1C(=O)OCc1ccccc1. The summed E-state index contributed by atoms with van der Waals surface area (Å²) >= 11 is 0. The van der Waals surface area contributed by atoms with E-state index in [-0.39, 0.29) is 19.3 Å². The number of carbonyl (C=O) groups excluding carboxylic acids is 2. The van der Waals surface area contributed by atoms with Gasteiger partial charge in [0.05, 0.1) is 6.04 Å². The maximum atomic E-state index is 12.2. The average molecular weight is 331 g/mol. The molecule has 1 atom stereocenters. The van der Waals surface area contributed by atoms with Gasteiger partial charge >= 0.3 is 12.2 Å². The Bertz CT molecular complexity index is 589. The van der Waals surface area contributed by atoms with Crippen LogP contribution in [0.25, 0.3) is 0 Å². The van der Waals surface area contributed by atoms with Crippen LogP contribution in [-0.2, 0) is 16.1 Å². The summed E-state index contributed by atoms with van der Waals surface area (Å²) in [5.41, 5.74) is 6.06. The van der Waals surface area contributed by atoms with E-state index in [9.17, 15) is 9.59 Å². The lowest BCUT2D eigenvalue weighted by Crippen LogP contribution is -2.47. The molecule has 1 aliphatic heterocycles. The minimum Gasteiger partial charge on any atom is -0.445 e. The van der Waals surface area contributed by atoms with Crippen molar-refractivity contribution in [2.45, 2.75) is 12.6 Å². The Morgan fingerprint density at radius 3 is 2.83 bits per heavy atom. The number of nitrogens with zero attached hydrogens (tertiary/aromatic N) is 1. The average Bonchev–Trinajstić information content (AvgIpc) is 3.07. The minimum atomic E-state index is -0.602. The maximum absolute atomic E-state index is 12.2. The van der Waals surface area contributed by atoms with Crippen LogP contribution in [0.1, 0.15) is 5.56 Å². The molecule has 7 heteroatoms. The summed E-state index contributed by atoms with van der Waals surface area (Å²) in [6.07, 6.45) is 4.24. The molecule has 0 bridgehead atoms. The smallest absolute Gasteiger partial charge is 0.421 e. The van der Waals surface area contributed by atoms with E-state index < -0.39 is 12.2 Å². The van der Waals surface area contributed by atoms with Crippen molar-refractivity contribution < 1.29 is 19.1 Å². The molecule has 0 spiro atoms. The van der Waals surface area contributed by atoms with Crippen LogP contribution in [0.3, 0.4) is 0 Å². The van der Waals surface area contributed by atoms with Gasteiger partial charge in [-0.05, 0) is 5.56 Å². The zero-order valence-electron chi connectivity index (χ0n) is 13.3. The number of hydrogen-bond acceptors (Lipinski definition) is 5. The first-order valence-electron chi connectivity index (χ1n) is 7.61. The Balaban J connectivity index is 1.73. The van der Waals surface area contributed by atoms with E-state index in [0.717, 1.165) is 5.56 Å². The third-order valence-corrected chi connectivity index (χ3v) is 3.33. The lowest BCUT2D eigenvalue weighted by atomic mass is 10.2. The van der Waals surface area contributed by atoms with Crippen molar-refractivity contribution >= 4 is 12.2 Å². The predicted molar refractivity (Wildman–Crippen MR) is 88.9 cm³/mol.